The normalized spacial score (nSPS) is 13.6. The Morgan fingerprint density at radius 3 is 2.52 bits per heavy atom. The second-order valence-electron chi connectivity index (χ2n) is 6.57. The summed E-state index contributed by atoms with van der Waals surface area (Å²) in [7, 11) is 0. The van der Waals surface area contributed by atoms with Crippen LogP contribution in [0, 0.1) is 13.8 Å². The second-order valence-corrected chi connectivity index (χ2v) is 8.42. The van der Waals surface area contributed by atoms with Gasteiger partial charge in [0.05, 0.1) is 16.1 Å². The first-order valence-electron chi connectivity index (χ1n) is 8.58. The van der Waals surface area contributed by atoms with Crippen LogP contribution in [0.3, 0.4) is 0 Å². The minimum Gasteiger partial charge on any atom is -0.267 e. The van der Waals surface area contributed by atoms with E-state index in [-0.39, 0.29) is 11.8 Å². The monoisotopic (exact) mass is 444 g/mol. The lowest BCUT2D eigenvalue weighted by atomic mass is 10.1. The van der Waals surface area contributed by atoms with Gasteiger partial charge in [-0.15, -0.1) is 11.3 Å². The molecule has 0 radical (unpaired) electrons. The highest BCUT2D eigenvalue weighted by atomic mass is 79.9. The molecule has 138 valence electrons. The molecule has 1 aliphatic rings. The van der Waals surface area contributed by atoms with Crippen LogP contribution in [0.5, 0.6) is 0 Å². The van der Waals surface area contributed by atoms with E-state index < -0.39 is 0 Å². The van der Waals surface area contributed by atoms with Gasteiger partial charge in [0.15, 0.2) is 0 Å². The van der Waals surface area contributed by atoms with E-state index in [2.05, 4.69) is 36.7 Å². The first-order valence-corrected chi connectivity index (χ1v) is 10.2. The van der Waals surface area contributed by atoms with E-state index in [1.165, 1.54) is 11.3 Å². The number of nitrogens with zero attached hydrogens (tertiary/aromatic N) is 2. The van der Waals surface area contributed by atoms with E-state index in [0.29, 0.717) is 20.8 Å². The van der Waals surface area contributed by atoms with Crippen LogP contribution in [-0.2, 0) is 0 Å². The standard InChI is InChI=1S/C19H17BrN4O2S/c1-9-14-10(2)21-16(11-7-8-11)22-19(14)27-15(9)18(26)24-23-17(25)12-5-3-4-6-13(12)20/h3-6,11H,7-8H2,1-2H3,(H,23,25)(H,24,26). The molecule has 0 aliphatic heterocycles. The Hall–Kier alpha value is -2.32. The second kappa shape index (κ2) is 7.01. The summed E-state index contributed by atoms with van der Waals surface area (Å²) < 4.78 is 0.660. The highest BCUT2D eigenvalue weighted by Crippen LogP contribution is 2.40. The van der Waals surface area contributed by atoms with Crippen molar-refractivity contribution in [3.8, 4) is 0 Å². The Morgan fingerprint density at radius 1 is 1.11 bits per heavy atom. The number of amides is 2. The molecule has 0 atom stereocenters. The van der Waals surface area contributed by atoms with Crippen molar-refractivity contribution >= 4 is 49.3 Å². The fourth-order valence-electron chi connectivity index (χ4n) is 2.98. The predicted molar refractivity (Wildman–Crippen MR) is 108 cm³/mol. The summed E-state index contributed by atoms with van der Waals surface area (Å²) in [4.78, 5) is 35.5. The lowest BCUT2D eigenvalue weighted by Crippen LogP contribution is -2.41. The topological polar surface area (TPSA) is 84.0 Å². The van der Waals surface area contributed by atoms with E-state index in [1.807, 2.05) is 19.9 Å². The van der Waals surface area contributed by atoms with Gasteiger partial charge < -0.3 is 0 Å². The molecule has 27 heavy (non-hydrogen) atoms. The third-order valence-corrected chi connectivity index (χ3v) is 6.42. The molecule has 0 spiro atoms. The zero-order valence-electron chi connectivity index (χ0n) is 14.8. The maximum Gasteiger partial charge on any atom is 0.280 e. The summed E-state index contributed by atoms with van der Waals surface area (Å²) >= 11 is 4.66. The summed E-state index contributed by atoms with van der Waals surface area (Å²) in [6.45, 7) is 3.84. The molecule has 6 nitrogen and oxygen atoms in total. The number of hydrogen-bond donors (Lipinski definition) is 2. The average molecular weight is 445 g/mol. The van der Waals surface area contributed by atoms with E-state index in [0.717, 1.165) is 40.1 Å². The van der Waals surface area contributed by atoms with Crippen LogP contribution in [0.1, 0.15) is 55.9 Å². The Bertz CT molecular complexity index is 1080. The molecule has 2 amide bonds. The zero-order valence-corrected chi connectivity index (χ0v) is 17.2. The molecule has 0 unspecified atom stereocenters. The van der Waals surface area contributed by atoms with E-state index >= 15 is 0 Å². The van der Waals surface area contributed by atoms with Gasteiger partial charge in [-0.1, -0.05) is 12.1 Å². The van der Waals surface area contributed by atoms with Gasteiger partial charge >= 0.3 is 0 Å². The fraction of sp³-hybridized carbons (Fsp3) is 0.263. The van der Waals surface area contributed by atoms with Crippen LogP contribution in [0.4, 0.5) is 0 Å². The van der Waals surface area contributed by atoms with Gasteiger partial charge in [-0.2, -0.15) is 0 Å². The van der Waals surface area contributed by atoms with Crippen molar-refractivity contribution in [1.82, 2.24) is 20.8 Å². The number of benzene rings is 1. The van der Waals surface area contributed by atoms with Gasteiger partial charge in [-0.3, -0.25) is 20.4 Å². The number of halogens is 1. The molecule has 1 aromatic carbocycles. The Balaban J connectivity index is 1.56. The third kappa shape index (κ3) is 3.46. The smallest absolute Gasteiger partial charge is 0.267 e. The lowest BCUT2D eigenvalue weighted by Gasteiger charge is -2.08. The van der Waals surface area contributed by atoms with Gasteiger partial charge in [0, 0.05) is 15.8 Å². The van der Waals surface area contributed by atoms with Gasteiger partial charge in [0.2, 0.25) is 0 Å². The molecule has 1 aliphatic carbocycles. The number of thiophene rings is 1. The van der Waals surface area contributed by atoms with Gasteiger partial charge in [0.25, 0.3) is 11.8 Å². The number of nitrogens with one attached hydrogen (secondary N) is 2. The van der Waals surface area contributed by atoms with Crippen LogP contribution in [0.15, 0.2) is 28.7 Å². The van der Waals surface area contributed by atoms with E-state index in [1.54, 1.807) is 18.2 Å². The molecule has 4 rings (SSSR count). The largest absolute Gasteiger partial charge is 0.280 e. The Morgan fingerprint density at radius 2 is 1.81 bits per heavy atom. The van der Waals surface area contributed by atoms with Gasteiger partial charge in [0.1, 0.15) is 10.7 Å². The molecule has 1 saturated carbocycles. The number of fused-ring (bicyclic) bond motifs is 1. The molecular weight excluding hydrogens is 428 g/mol. The summed E-state index contributed by atoms with van der Waals surface area (Å²) in [5.74, 6) is 0.580. The van der Waals surface area contributed by atoms with Crippen LogP contribution in [0.2, 0.25) is 0 Å². The van der Waals surface area contributed by atoms with Crippen LogP contribution in [-0.4, -0.2) is 21.8 Å². The highest BCUT2D eigenvalue weighted by Gasteiger charge is 2.28. The van der Waals surface area contributed by atoms with Crippen molar-refractivity contribution in [2.24, 2.45) is 0 Å². The molecule has 2 heterocycles. The zero-order chi connectivity index (χ0) is 19.1. The van der Waals surface area contributed by atoms with Crippen molar-refractivity contribution in [1.29, 1.82) is 0 Å². The molecule has 2 N–H and O–H groups in total. The van der Waals surface area contributed by atoms with Crippen LogP contribution in [0.25, 0.3) is 10.2 Å². The first-order chi connectivity index (χ1) is 13.0. The van der Waals surface area contributed by atoms with E-state index in [4.69, 9.17) is 0 Å². The number of carbonyl (C=O) groups excluding carboxylic acids is 2. The number of aromatic nitrogens is 2. The summed E-state index contributed by atoms with van der Waals surface area (Å²) in [6, 6.07) is 7.02. The minimum absolute atomic E-state index is 0.358. The molecule has 0 bridgehead atoms. The predicted octanol–water partition coefficient (Wildman–Crippen LogP) is 4.02. The maximum absolute atomic E-state index is 12.6. The van der Waals surface area contributed by atoms with Crippen LogP contribution >= 0.6 is 27.3 Å². The maximum atomic E-state index is 12.6. The number of hydrazine groups is 1. The fourth-order valence-corrected chi connectivity index (χ4v) is 4.58. The van der Waals surface area contributed by atoms with Crippen molar-refractivity contribution in [2.75, 3.05) is 0 Å². The Labute approximate surface area is 168 Å². The molecule has 0 saturated heterocycles. The number of rotatable bonds is 3. The van der Waals surface area contributed by atoms with Gasteiger partial charge in [-0.25, -0.2) is 9.97 Å². The highest BCUT2D eigenvalue weighted by molar-refractivity contribution is 9.10. The molecule has 3 aromatic rings. The molecule has 1 fully saturated rings. The van der Waals surface area contributed by atoms with Gasteiger partial charge in [-0.05, 0) is 60.3 Å². The molecule has 8 heteroatoms. The van der Waals surface area contributed by atoms with Crippen molar-refractivity contribution in [3.63, 3.8) is 0 Å². The van der Waals surface area contributed by atoms with Crippen molar-refractivity contribution in [3.05, 3.63) is 56.3 Å². The third-order valence-electron chi connectivity index (χ3n) is 4.55. The average Bonchev–Trinajstić information content (AvgIpc) is 3.44. The summed E-state index contributed by atoms with van der Waals surface area (Å²) in [5, 5.41) is 0.923. The molecule has 2 aromatic heterocycles. The SMILES string of the molecule is Cc1nc(C2CC2)nc2sc(C(=O)NNC(=O)c3ccccc3Br)c(C)c12. The number of hydrogen-bond acceptors (Lipinski definition) is 5. The van der Waals surface area contributed by atoms with Crippen molar-refractivity contribution in [2.45, 2.75) is 32.6 Å². The first kappa shape index (κ1) is 18.1. The van der Waals surface area contributed by atoms with Crippen LogP contribution < -0.4 is 10.9 Å². The summed E-state index contributed by atoms with van der Waals surface area (Å²) in [5.41, 5.74) is 7.14. The Kier molecular flexibility index (Phi) is 4.69. The van der Waals surface area contributed by atoms with Crippen molar-refractivity contribution < 1.29 is 9.59 Å². The molecular formula is C19H17BrN4O2S. The minimum atomic E-state index is -0.387. The number of aryl methyl sites for hydroxylation is 2. The quantitative estimate of drug-likeness (QED) is 0.597. The lowest BCUT2D eigenvalue weighted by molar-refractivity contribution is 0.0848. The number of carbonyl (C=O) groups is 2. The van der Waals surface area contributed by atoms with E-state index in [9.17, 15) is 9.59 Å². The summed E-state index contributed by atoms with van der Waals surface area (Å²) in [6.07, 6.45) is 2.26.